The van der Waals surface area contributed by atoms with E-state index in [1.54, 1.807) is 6.20 Å². The van der Waals surface area contributed by atoms with E-state index >= 15 is 0 Å². The van der Waals surface area contributed by atoms with Gasteiger partial charge in [0.2, 0.25) is 0 Å². The van der Waals surface area contributed by atoms with Gasteiger partial charge in [-0.05, 0) is 67.4 Å². The third-order valence-electron chi connectivity index (χ3n) is 4.67. The van der Waals surface area contributed by atoms with Crippen molar-refractivity contribution in [3.8, 4) is 0 Å². The molecule has 0 atom stereocenters. The number of hydrogen-bond acceptors (Lipinski definition) is 3. The third kappa shape index (κ3) is 5.04. The molecule has 2 heterocycles. The molecule has 2 aromatic heterocycles. The lowest BCUT2D eigenvalue weighted by Crippen LogP contribution is -2.40. The minimum atomic E-state index is 0.738. The van der Waals surface area contributed by atoms with E-state index in [-0.39, 0.29) is 0 Å². The van der Waals surface area contributed by atoms with Crippen molar-refractivity contribution in [2.75, 3.05) is 13.1 Å². The Morgan fingerprint density at radius 1 is 1.26 bits per heavy atom. The number of thiocarbonyl (C=S) groups is 1. The van der Waals surface area contributed by atoms with Gasteiger partial charge in [0.05, 0.1) is 11.0 Å². The molecule has 0 radical (unpaired) electrons. The Balaban J connectivity index is 1.72. The van der Waals surface area contributed by atoms with Crippen molar-refractivity contribution in [3.63, 3.8) is 0 Å². The lowest BCUT2D eigenvalue weighted by molar-refractivity contribution is 0.406. The van der Waals surface area contributed by atoms with E-state index in [0.717, 1.165) is 60.0 Å². The summed E-state index contributed by atoms with van der Waals surface area (Å²) in [5.74, 6) is 0.990. The maximum Gasteiger partial charge on any atom is 0.169 e. The van der Waals surface area contributed by atoms with E-state index in [1.807, 2.05) is 12.3 Å². The van der Waals surface area contributed by atoms with Crippen molar-refractivity contribution >= 4 is 28.4 Å². The van der Waals surface area contributed by atoms with Crippen LogP contribution in [0.1, 0.15) is 35.9 Å². The molecule has 0 saturated carbocycles. The number of benzene rings is 1. The third-order valence-corrected chi connectivity index (χ3v) is 5.08. The molecule has 5 nitrogen and oxygen atoms in total. The molecule has 27 heavy (non-hydrogen) atoms. The fourth-order valence-corrected chi connectivity index (χ4v) is 3.25. The fourth-order valence-electron chi connectivity index (χ4n) is 2.99. The first-order valence-electron chi connectivity index (χ1n) is 9.44. The Labute approximate surface area is 166 Å². The van der Waals surface area contributed by atoms with Gasteiger partial charge in [-0.2, -0.15) is 0 Å². The van der Waals surface area contributed by atoms with Gasteiger partial charge < -0.3 is 15.2 Å². The summed E-state index contributed by atoms with van der Waals surface area (Å²) in [6.45, 7) is 8.80. The summed E-state index contributed by atoms with van der Waals surface area (Å²) in [6, 6.07) is 8.35. The van der Waals surface area contributed by atoms with Gasteiger partial charge in [-0.15, -0.1) is 0 Å². The SMILES string of the molecule is CCCNC(=S)N(CCc1nc2cc(C)c(C)cc2[nH]1)Cc1cccnc1. The van der Waals surface area contributed by atoms with Crippen LogP contribution < -0.4 is 5.32 Å². The van der Waals surface area contributed by atoms with Gasteiger partial charge in [-0.3, -0.25) is 4.98 Å². The highest BCUT2D eigenvalue weighted by molar-refractivity contribution is 7.80. The fraction of sp³-hybridized carbons (Fsp3) is 0.381. The molecule has 0 aliphatic rings. The summed E-state index contributed by atoms with van der Waals surface area (Å²) in [7, 11) is 0. The van der Waals surface area contributed by atoms with Crippen LogP contribution in [0.25, 0.3) is 11.0 Å². The number of aromatic nitrogens is 3. The molecule has 0 spiro atoms. The second kappa shape index (κ2) is 8.95. The number of pyridine rings is 1. The molecule has 0 fully saturated rings. The molecule has 0 aliphatic carbocycles. The first-order valence-corrected chi connectivity index (χ1v) is 9.85. The van der Waals surface area contributed by atoms with Crippen molar-refractivity contribution < 1.29 is 0 Å². The van der Waals surface area contributed by atoms with Crippen molar-refractivity contribution in [2.45, 2.75) is 40.2 Å². The van der Waals surface area contributed by atoms with Crippen LogP contribution >= 0.6 is 12.2 Å². The highest BCUT2D eigenvalue weighted by atomic mass is 32.1. The van der Waals surface area contributed by atoms with Crippen LogP contribution in [-0.4, -0.2) is 38.1 Å². The largest absolute Gasteiger partial charge is 0.363 e. The second-order valence-electron chi connectivity index (χ2n) is 6.90. The van der Waals surface area contributed by atoms with Crippen LogP contribution in [0.15, 0.2) is 36.7 Å². The average molecular weight is 382 g/mol. The van der Waals surface area contributed by atoms with Crippen LogP contribution in [0.4, 0.5) is 0 Å². The van der Waals surface area contributed by atoms with E-state index in [2.05, 4.69) is 59.2 Å². The molecule has 0 amide bonds. The maximum absolute atomic E-state index is 5.62. The van der Waals surface area contributed by atoms with E-state index in [9.17, 15) is 0 Å². The average Bonchev–Trinajstić information content (AvgIpc) is 3.05. The summed E-state index contributed by atoms with van der Waals surface area (Å²) >= 11 is 5.62. The molecule has 6 heteroatoms. The molecule has 3 rings (SSSR count). The summed E-state index contributed by atoms with van der Waals surface area (Å²) in [5, 5.41) is 4.12. The quantitative estimate of drug-likeness (QED) is 0.608. The predicted octanol–water partition coefficient (Wildman–Crippen LogP) is 3.90. The van der Waals surface area contributed by atoms with E-state index in [1.165, 1.54) is 11.1 Å². The van der Waals surface area contributed by atoms with Crippen molar-refractivity contribution in [2.24, 2.45) is 0 Å². The van der Waals surface area contributed by atoms with Crippen LogP contribution in [0.2, 0.25) is 0 Å². The number of aryl methyl sites for hydroxylation is 2. The molecular weight excluding hydrogens is 354 g/mol. The molecular formula is C21H27N5S. The van der Waals surface area contributed by atoms with E-state index < -0.39 is 0 Å². The summed E-state index contributed by atoms with van der Waals surface area (Å²) < 4.78 is 0. The Morgan fingerprint density at radius 3 is 2.81 bits per heavy atom. The first kappa shape index (κ1) is 19.3. The van der Waals surface area contributed by atoms with Crippen LogP contribution in [0, 0.1) is 13.8 Å². The molecule has 142 valence electrons. The van der Waals surface area contributed by atoms with Crippen LogP contribution in [0.5, 0.6) is 0 Å². The Morgan fingerprint density at radius 2 is 2.07 bits per heavy atom. The molecule has 0 saturated heterocycles. The van der Waals surface area contributed by atoms with Gasteiger partial charge >= 0.3 is 0 Å². The Kier molecular flexibility index (Phi) is 6.40. The minimum Gasteiger partial charge on any atom is -0.363 e. The van der Waals surface area contributed by atoms with Crippen molar-refractivity contribution in [1.82, 2.24) is 25.2 Å². The zero-order valence-corrected chi connectivity index (χ0v) is 17.1. The number of aromatic amines is 1. The lowest BCUT2D eigenvalue weighted by atomic mass is 10.1. The minimum absolute atomic E-state index is 0.738. The van der Waals surface area contributed by atoms with Gasteiger partial charge in [0, 0.05) is 38.4 Å². The topological polar surface area (TPSA) is 56.8 Å². The summed E-state index contributed by atoms with van der Waals surface area (Å²) in [5.41, 5.74) is 5.82. The smallest absolute Gasteiger partial charge is 0.169 e. The lowest BCUT2D eigenvalue weighted by Gasteiger charge is -2.25. The molecule has 3 aromatic rings. The van der Waals surface area contributed by atoms with Crippen molar-refractivity contribution in [1.29, 1.82) is 0 Å². The number of hydrogen-bond donors (Lipinski definition) is 2. The zero-order valence-electron chi connectivity index (χ0n) is 16.2. The molecule has 0 bridgehead atoms. The Hall–Kier alpha value is -2.47. The van der Waals surface area contributed by atoms with Crippen LogP contribution in [0.3, 0.4) is 0 Å². The normalized spacial score (nSPS) is 10.9. The van der Waals surface area contributed by atoms with Gasteiger partial charge in [0.15, 0.2) is 5.11 Å². The molecule has 1 aromatic carbocycles. The van der Waals surface area contributed by atoms with Gasteiger partial charge in [0.1, 0.15) is 5.82 Å². The number of nitrogens with zero attached hydrogens (tertiary/aromatic N) is 3. The number of H-pyrrole nitrogens is 1. The van der Waals surface area contributed by atoms with E-state index in [0.29, 0.717) is 0 Å². The van der Waals surface area contributed by atoms with Crippen LogP contribution in [-0.2, 0) is 13.0 Å². The standard InChI is InChI=1S/C21H27N5S/c1-4-8-23-21(27)26(14-17-6-5-9-22-13-17)10-7-20-24-18-11-15(2)16(3)12-19(18)25-20/h5-6,9,11-13H,4,7-8,10,14H2,1-3H3,(H,23,27)(H,24,25). The van der Waals surface area contributed by atoms with Gasteiger partial charge in [-0.1, -0.05) is 13.0 Å². The monoisotopic (exact) mass is 381 g/mol. The van der Waals surface area contributed by atoms with Crippen molar-refractivity contribution in [3.05, 3.63) is 59.2 Å². The second-order valence-corrected chi connectivity index (χ2v) is 7.29. The number of imidazole rings is 1. The number of fused-ring (bicyclic) bond motifs is 1. The number of rotatable bonds is 7. The summed E-state index contributed by atoms with van der Waals surface area (Å²) in [4.78, 5) is 14.6. The van der Waals surface area contributed by atoms with Gasteiger partial charge in [-0.25, -0.2) is 4.98 Å². The highest BCUT2D eigenvalue weighted by Crippen LogP contribution is 2.17. The van der Waals surface area contributed by atoms with E-state index in [4.69, 9.17) is 17.2 Å². The maximum atomic E-state index is 5.62. The molecule has 0 unspecified atom stereocenters. The molecule has 0 aliphatic heterocycles. The first-order chi connectivity index (χ1) is 13.1. The molecule has 2 N–H and O–H groups in total. The Bertz CT molecular complexity index is 865. The van der Waals surface area contributed by atoms with Gasteiger partial charge in [0.25, 0.3) is 0 Å². The summed E-state index contributed by atoms with van der Waals surface area (Å²) in [6.07, 6.45) is 5.53. The number of nitrogens with one attached hydrogen (secondary N) is 2. The highest BCUT2D eigenvalue weighted by Gasteiger charge is 2.12. The predicted molar refractivity (Wildman–Crippen MR) is 115 cm³/mol. The zero-order chi connectivity index (χ0) is 19.2.